The molecule has 5 nitrogen and oxygen atoms in total. The molecule has 4 fully saturated rings. The molecule has 4 aliphatic rings. The molecule has 0 aliphatic carbocycles. The van der Waals surface area contributed by atoms with E-state index in [0.717, 1.165) is 39.1 Å². The van der Waals surface area contributed by atoms with E-state index >= 15 is 0 Å². The lowest BCUT2D eigenvalue weighted by Crippen LogP contribution is -2.48. The standard InChI is InChI=1S/C15H24N2O3.ClH/c16-14(9-3-5-19-6-4-9)15(18)17-7-10-11(8-17)13-2-1-12(10)20-13;/h9-14H,1-8,16H2;1H. The highest BCUT2D eigenvalue weighted by Crippen LogP contribution is 2.47. The first-order valence-electron chi connectivity index (χ1n) is 8.01. The van der Waals surface area contributed by atoms with Gasteiger partial charge in [0.05, 0.1) is 18.2 Å². The van der Waals surface area contributed by atoms with Crippen LogP contribution in [0.4, 0.5) is 0 Å². The second-order valence-corrected chi connectivity index (χ2v) is 6.84. The third-order valence-electron chi connectivity index (χ3n) is 5.82. The molecular formula is C15H25ClN2O3. The minimum absolute atomic E-state index is 0. The van der Waals surface area contributed by atoms with Crippen molar-refractivity contribution in [1.29, 1.82) is 0 Å². The predicted molar refractivity (Wildman–Crippen MR) is 80.2 cm³/mol. The van der Waals surface area contributed by atoms with Gasteiger partial charge in [0.1, 0.15) is 0 Å². The average molecular weight is 317 g/mol. The van der Waals surface area contributed by atoms with Crippen molar-refractivity contribution in [3.05, 3.63) is 0 Å². The summed E-state index contributed by atoms with van der Waals surface area (Å²) in [5, 5.41) is 0. The van der Waals surface area contributed by atoms with Gasteiger partial charge in [-0.1, -0.05) is 0 Å². The van der Waals surface area contributed by atoms with E-state index in [9.17, 15) is 4.79 Å². The molecule has 6 heteroatoms. The zero-order valence-electron chi connectivity index (χ0n) is 12.3. The van der Waals surface area contributed by atoms with E-state index in [1.54, 1.807) is 0 Å². The smallest absolute Gasteiger partial charge is 0.239 e. The van der Waals surface area contributed by atoms with Gasteiger partial charge in [0.2, 0.25) is 5.91 Å². The van der Waals surface area contributed by atoms with E-state index in [0.29, 0.717) is 30.0 Å². The first kappa shape index (κ1) is 15.5. The molecule has 5 atom stereocenters. The highest BCUT2D eigenvalue weighted by Gasteiger charge is 2.54. The third-order valence-corrected chi connectivity index (χ3v) is 5.82. The van der Waals surface area contributed by atoms with Gasteiger partial charge in [-0.3, -0.25) is 4.79 Å². The topological polar surface area (TPSA) is 64.8 Å². The summed E-state index contributed by atoms with van der Waals surface area (Å²) in [5.41, 5.74) is 6.23. The monoisotopic (exact) mass is 316 g/mol. The molecule has 0 aromatic heterocycles. The van der Waals surface area contributed by atoms with Crippen LogP contribution in [0.1, 0.15) is 25.7 Å². The van der Waals surface area contributed by atoms with Gasteiger partial charge < -0.3 is 20.1 Å². The Labute approximate surface area is 131 Å². The Bertz CT molecular complexity index is 384. The number of rotatable bonds is 2. The molecule has 4 rings (SSSR count). The van der Waals surface area contributed by atoms with Crippen LogP contribution in [0, 0.1) is 17.8 Å². The summed E-state index contributed by atoms with van der Waals surface area (Å²) in [4.78, 5) is 14.6. The van der Waals surface area contributed by atoms with Gasteiger partial charge in [-0.05, 0) is 31.6 Å². The minimum atomic E-state index is -0.337. The molecule has 21 heavy (non-hydrogen) atoms. The van der Waals surface area contributed by atoms with Crippen molar-refractivity contribution in [3.63, 3.8) is 0 Å². The first-order valence-corrected chi connectivity index (χ1v) is 8.01. The van der Waals surface area contributed by atoms with Crippen LogP contribution >= 0.6 is 12.4 Å². The van der Waals surface area contributed by atoms with Gasteiger partial charge in [0.25, 0.3) is 0 Å². The summed E-state index contributed by atoms with van der Waals surface area (Å²) in [6, 6.07) is -0.337. The SMILES string of the molecule is Cl.NC(C(=O)N1CC2C3CCC(O3)C2C1)C1CCOCC1. The molecule has 120 valence electrons. The van der Waals surface area contributed by atoms with E-state index in [-0.39, 0.29) is 24.4 Å². The number of carbonyl (C=O) groups is 1. The van der Waals surface area contributed by atoms with Crippen LogP contribution in [-0.4, -0.2) is 55.4 Å². The number of nitrogens with zero attached hydrogens (tertiary/aromatic N) is 1. The van der Waals surface area contributed by atoms with Crippen molar-refractivity contribution >= 4 is 18.3 Å². The summed E-state index contributed by atoms with van der Waals surface area (Å²) >= 11 is 0. The van der Waals surface area contributed by atoms with Gasteiger partial charge in [0.15, 0.2) is 0 Å². The maximum Gasteiger partial charge on any atom is 0.239 e. The Morgan fingerprint density at radius 1 is 1.05 bits per heavy atom. The summed E-state index contributed by atoms with van der Waals surface area (Å²) < 4.78 is 11.3. The molecule has 0 aromatic rings. The summed E-state index contributed by atoms with van der Waals surface area (Å²) in [6.07, 6.45) is 5.01. The second-order valence-electron chi connectivity index (χ2n) is 6.84. The van der Waals surface area contributed by atoms with Gasteiger partial charge in [0, 0.05) is 38.1 Å². The van der Waals surface area contributed by atoms with Crippen LogP contribution in [0.15, 0.2) is 0 Å². The summed E-state index contributed by atoms with van der Waals surface area (Å²) in [7, 11) is 0. The Morgan fingerprint density at radius 2 is 1.62 bits per heavy atom. The third kappa shape index (κ3) is 2.58. The van der Waals surface area contributed by atoms with Gasteiger partial charge in [-0.25, -0.2) is 0 Å². The molecule has 2 bridgehead atoms. The van der Waals surface area contributed by atoms with Crippen molar-refractivity contribution < 1.29 is 14.3 Å². The van der Waals surface area contributed by atoms with Gasteiger partial charge in [-0.15, -0.1) is 12.4 Å². The first-order chi connectivity index (χ1) is 9.74. The van der Waals surface area contributed by atoms with E-state index in [1.807, 2.05) is 4.90 Å². The normalized spacial score (nSPS) is 40.0. The fraction of sp³-hybridized carbons (Fsp3) is 0.933. The lowest BCUT2D eigenvalue weighted by atomic mass is 9.82. The van der Waals surface area contributed by atoms with Crippen LogP contribution in [0.25, 0.3) is 0 Å². The summed E-state index contributed by atoms with van der Waals surface area (Å²) in [5.74, 6) is 1.59. The van der Waals surface area contributed by atoms with Crippen molar-refractivity contribution in [1.82, 2.24) is 4.90 Å². The lowest BCUT2D eigenvalue weighted by molar-refractivity contribution is -0.134. The Kier molecular flexibility index (Phi) is 4.46. The fourth-order valence-corrected chi connectivity index (χ4v) is 4.63. The largest absolute Gasteiger partial charge is 0.381 e. The molecule has 2 N–H and O–H groups in total. The molecule has 4 heterocycles. The Morgan fingerprint density at radius 3 is 2.19 bits per heavy atom. The second kappa shape index (κ2) is 6.03. The molecule has 4 saturated heterocycles. The maximum atomic E-state index is 12.6. The Balaban J connectivity index is 0.00000132. The van der Waals surface area contributed by atoms with E-state index < -0.39 is 0 Å². The van der Waals surface area contributed by atoms with E-state index in [4.69, 9.17) is 15.2 Å². The number of hydrogen-bond donors (Lipinski definition) is 1. The van der Waals surface area contributed by atoms with Crippen molar-refractivity contribution in [2.45, 2.75) is 43.9 Å². The number of amides is 1. The van der Waals surface area contributed by atoms with E-state index in [1.165, 1.54) is 12.8 Å². The number of likely N-dealkylation sites (tertiary alicyclic amines) is 1. The van der Waals surface area contributed by atoms with Crippen LogP contribution in [0.3, 0.4) is 0 Å². The number of fused-ring (bicyclic) bond motifs is 5. The number of halogens is 1. The van der Waals surface area contributed by atoms with Crippen LogP contribution < -0.4 is 5.73 Å². The lowest BCUT2D eigenvalue weighted by Gasteiger charge is -2.30. The van der Waals surface area contributed by atoms with Crippen molar-refractivity contribution in [2.24, 2.45) is 23.5 Å². The highest BCUT2D eigenvalue weighted by molar-refractivity contribution is 5.85. The summed E-state index contributed by atoms with van der Waals surface area (Å²) in [6.45, 7) is 3.22. The highest BCUT2D eigenvalue weighted by atomic mass is 35.5. The molecule has 0 radical (unpaired) electrons. The van der Waals surface area contributed by atoms with Crippen LogP contribution in [0.2, 0.25) is 0 Å². The van der Waals surface area contributed by atoms with Gasteiger partial charge >= 0.3 is 0 Å². The fourth-order valence-electron chi connectivity index (χ4n) is 4.63. The number of nitrogens with two attached hydrogens (primary N) is 1. The quantitative estimate of drug-likeness (QED) is 0.818. The average Bonchev–Trinajstić information content (AvgIpc) is 3.18. The Hall–Kier alpha value is -0.360. The minimum Gasteiger partial charge on any atom is -0.381 e. The number of carbonyl (C=O) groups excluding carboxylic acids is 1. The molecule has 0 saturated carbocycles. The molecule has 5 unspecified atom stereocenters. The van der Waals surface area contributed by atoms with Gasteiger partial charge in [-0.2, -0.15) is 0 Å². The van der Waals surface area contributed by atoms with Crippen LogP contribution in [-0.2, 0) is 14.3 Å². The van der Waals surface area contributed by atoms with Crippen molar-refractivity contribution in [3.8, 4) is 0 Å². The zero-order chi connectivity index (χ0) is 13.7. The van der Waals surface area contributed by atoms with Crippen LogP contribution in [0.5, 0.6) is 0 Å². The number of hydrogen-bond acceptors (Lipinski definition) is 4. The maximum absolute atomic E-state index is 12.6. The number of ether oxygens (including phenoxy) is 2. The molecule has 4 aliphatic heterocycles. The molecule has 0 spiro atoms. The molecular weight excluding hydrogens is 292 g/mol. The predicted octanol–water partition coefficient (Wildman–Crippen LogP) is 0.798. The molecule has 0 aromatic carbocycles. The molecule has 1 amide bonds. The van der Waals surface area contributed by atoms with E-state index in [2.05, 4.69) is 0 Å². The zero-order valence-corrected chi connectivity index (χ0v) is 13.1. The van der Waals surface area contributed by atoms with Crippen molar-refractivity contribution in [2.75, 3.05) is 26.3 Å².